The number of rotatable bonds is 12. The van der Waals surface area contributed by atoms with Gasteiger partial charge in [0.2, 0.25) is 0 Å². The summed E-state index contributed by atoms with van der Waals surface area (Å²) in [5.74, 6) is 0.792. The van der Waals surface area contributed by atoms with E-state index in [0.717, 1.165) is 25.0 Å². The summed E-state index contributed by atoms with van der Waals surface area (Å²) in [4.78, 5) is 10.3. The van der Waals surface area contributed by atoms with Gasteiger partial charge in [0, 0.05) is 6.42 Å². The van der Waals surface area contributed by atoms with Crippen molar-refractivity contribution >= 4 is 6.29 Å². The molecule has 0 fully saturated rings. The van der Waals surface area contributed by atoms with Gasteiger partial charge in [-0.3, -0.25) is 0 Å². The average Bonchev–Trinajstić information content (AvgIpc) is 2.32. The monoisotopic (exact) mass is 226 g/mol. The van der Waals surface area contributed by atoms with Crippen molar-refractivity contribution in [1.29, 1.82) is 0 Å². The molecule has 0 saturated carbocycles. The van der Waals surface area contributed by atoms with E-state index in [1.165, 1.54) is 57.8 Å². The Morgan fingerprint density at radius 1 is 0.875 bits per heavy atom. The van der Waals surface area contributed by atoms with Crippen LogP contribution in [0.4, 0.5) is 0 Å². The first kappa shape index (κ1) is 15.7. The van der Waals surface area contributed by atoms with Crippen molar-refractivity contribution in [3.05, 3.63) is 0 Å². The van der Waals surface area contributed by atoms with Gasteiger partial charge in [-0.2, -0.15) is 0 Å². The maximum absolute atomic E-state index is 10.3. The molecule has 0 heterocycles. The molecule has 0 aliphatic carbocycles. The van der Waals surface area contributed by atoms with Crippen LogP contribution in [0.15, 0.2) is 0 Å². The van der Waals surface area contributed by atoms with Gasteiger partial charge in [-0.15, -0.1) is 0 Å². The first-order valence-corrected chi connectivity index (χ1v) is 7.28. The molecule has 1 heteroatoms. The average molecular weight is 226 g/mol. The molecule has 0 aliphatic rings. The highest BCUT2D eigenvalue weighted by molar-refractivity contribution is 5.49. The van der Waals surface area contributed by atoms with E-state index < -0.39 is 0 Å². The van der Waals surface area contributed by atoms with Crippen molar-refractivity contribution in [2.75, 3.05) is 0 Å². The van der Waals surface area contributed by atoms with Crippen LogP contribution in [0.2, 0.25) is 0 Å². The summed E-state index contributed by atoms with van der Waals surface area (Å²) in [5, 5.41) is 0. The molecular weight excluding hydrogens is 196 g/mol. The van der Waals surface area contributed by atoms with Gasteiger partial charge in [-0.05, 0) is 12.3 Å². The van der Waals surface area contributed by atoms with E-state index in [2.05, 4.69) is 13.8 Å². The summed E-state index contributed by atoms with van der Waals surface area (Å²) in [5.41, 5.74) is 0. The standard InChI is InChI=1S/C15H30O/c1-3-5-6-7-8-9-10-12-15(4-2)13-11-14-16/h14-15H,3-13H2,1-2H3. The lowest BCUT2D eigenvalue weighted by Gasteiger charge is -2.12. The quantitative estimate of drug-likeness (QED) is 0.333. The normalized spacial score (nSPS) is 12.6. The van der Waals surface area contributed by atoms with Gasteiger partial charge < -0.3 is 4.79 Å². The van der Waals surface area contributed by atoms with E-state index in [1.54, 1.807) is 0 Å². The Labute approximate surface area is 102 Å². The van der Waals surface area contributed by atoms with E-state index >= 15 is 0 Å². The molecule has 96 valence electrons. The van der Waals surface area contributed by atoms with Crippen LogP contribution in [0.3, 0.4) is 0 Å². The summed E-state index contributed by atoms with van der Waals surface area (Å²) in [7, 11) is 0. The molecular formula is C15H30O. The molecule has 1 nitrogen and oxygen atoms in total. The molecule has 0 bridgehead atoms. The Bertz CT molecular complexity index is 142. The molecule has 1 unspecified atom stereocenters. The summed E-state index contributed by atoms with van der Waals surface area (Å²) < 4.78 is 0. The molecule has 16 heavy (non-hydrogen) atoms. The highest BCUT2D eigenvalue weighted by atomic mass is 16.1. The third-order valence-corrected chi connectivity index (χ3v) is 3.49. The highest BCUT2D eigenvalue weighted by Crippen LogP contribution is 2.19. The summed E-state index contributed by atoms with van der Waals surface area (Å²) in [6.07, 6.45) is 15.2. The van der Waals surface area contributed by atoms with Gasteiger partial charge in [0.25, 0.3) is 0 Å². The highest BCUT2D eigenvalue weighted by Gasteiger charge is 2.05. The Hall–Kier alpha value is -0.330. The smallest absolute Gasteiger partial charge is 0.120 e. The lowest BCUT2D eigenvalue weighted by atomic mass is 9.94. The molecule has 0 aromatic heterocycles. The minimum atomic E-state index is 0.759. The molecule has 0 aliphatic heterocycles. The van der Waals surface area contributed by atoms with Crippen LogP contribution in [0.5, 0.6) is 0 Å². The number of aldehydes is 1. The van der Waals surface area contributed by atoms with Crippen LogP contribution in [0.1, 0.15) is 84.5 Å². The second-order valence-corrected chi connectivity index (χ2v) is 4.93. The molecule has 0 saturated heterocycles. The van der Waals surface area contributed by atoms with Crippen molar-refractivity contribution in [2.24, 2.45) is 5.92 Å². The minimum Gasteiger partial charge on any atom is -0.303 e. The molecule has 0 rings (SSSR count). The zero-order valence-electron chi connectivity index (χ0n) is 11.3. The van der Waals surface area contributed by atoms with Crippen LogP contribution in [-0.4, -0.2) is 6.29 Å². The van der Waals surface area contributed by atoms with E-state index in [4.69, 9.17) is 0 Å². The lowest BCUT2D eigenvalue weighted by Crippen LogP contribution is -1.99. The van der Waals surface area contributed by atoms with Gasteiger partial charge in [-0.1, -0.05) is 71.6 Å². The predicted molar refractivity (Wildman–Crippen MR) is 71.7 cm³/mol. The predicted octanol–water partition coefficient (Wildman–Crippen LogP) is 5.13. The van der Waals surface area contributed by atoms with E-state index in [1.807, 2.05) is 0 Å². The SMILES string of the molecule is CCCCCCCCCC(CC)CCC=O. The lowest BCUT2D eigenvalue weighted by molar-refractivity contribution is -0.108. The number of unbranched alkanes of at least 4 members (excludes halogenated alkanes) is 6. The van der Waals surface area contributed by atoms with Gasteiger partial charge in [-0.25, -0.2) is 0 Å². The summed E-state index contributed by atoms with van der Waals surface area (Å²) in [6.45, 7) is 4.51. The van der Waals surface area contributed by atoms with Gasteiger partial charge in [0.05, 0.1) is 0 Å². The molecule has 1 atom stereocenters. The number of hydrogen-bond acceptors (Lipinski definition) is 1. The second kappa shape index (κ2) is 12.7. The number of hydrogen-bond donors (Lipinski definition) is 0. The third-order valence-electron chi connectivity index (χ3n) is 3.49. The van der Waals surface area contributed by atoms with E-state index in [-0.39, 0.29) is 0 Å². The maximum Gasteiger partial charge on any atom is 0.120 e. The van der Waals surface area contributed by atoms with Crippen LogP contribution < -0.4 is 0 Å². The van der Waals surface area contributed by atoms with Crippen LogP contribution >= 0.6 is 0 Å². The molecule has 0 radical (unpaired) electrons. The summed E-state index contributed by atoms with van der Waals surface area (Å²) in [6, 6.07) is 0. The third kappa shape index (κ3) is 10.2. The Balaban J connectivity index is 3.23. The maximum atomic E-state index is 10.3. The molecule has 0 aromatic carbocycles. The van der Waals surface area contributed by atoms with Crippen molar-refractivity contribution in [1.82, 2.24) is 0 Å². The zero-order valence-corrected chi connectivity index (χ0v) is 11.3. The fraction of sp³-hybridized carbons (Fsp3) is 0.933. The van der Waals surface area contributed by atoms with Crippen molar-refractivity contribution in [2.45, 2.75) is 84.5 Å². The minimum absolute atomic E-state index is 0.759. The van der Waals surface area contributed by atoms with Crippen LogP contribution in [0, 0.1) is 5.92 Å². The first-order chi connectivity index (χ1) is 7.85. The molecule has 0 aromatic rings. The number of carbonyl (C=O) groups excluding carboxylic acids is 1. The Morgan fingerprint density at radius 2 is 1.50 bits per heavy atom. The molecule has 0 amide bonds. The fourth-order valence-electron chi connectivity index (χ4n) is 2.25. The number of carbonyl (C=O) groups is 1. The Morgan fingerprint density at radius 3 is 2.06 bits per heavy atom. The zero-order chi connectivity index (χ0) is 12.1. The van der Waals surface area contributed by atoms with Crippen molar-refractivity contribution in [3.63, 3.8) is 0 Å². The van der Waals surface area contributed by atoms with Crippen molar-refractivity contribution in [3.8, 4) is 0 Å². The topological polar surface area (TPSA) is 17.1 Å². The van der Waals surface area contributed by atoms with Gasteiger partial charge >= 0.3 is 0 Å². The summed E-state index contributed by atoms with van der Waals surface area (Å²) >= 11 is 0. The van der Waals surface area contributed by atoms with E-state index in [9.17, 15) is 4.79 Å². The second-order valence-electron chi connectivity index (χ2n) is 4.93. The largest absolute Gasteiger partial charge is 0.303 e. The van der Waals surface area contributed by atoms with Crippen LogP contribution in [-0.2, 0) is 4.79 Å². The fourth-order valence-corrected chi connectivity index (χ4v) is 2.25. The first-order valence-electron chi connectivity index (χ1n) is 7.28. The Kier molecular flexibility index (Phi) is 12.5. The van der Waals surface area contributed by atoms with E-state index in [0.29, 0.717) is 0 Å². The van der Waals surface area contributed by atoms with Crippen LogP contribution in [0.25, 0.3) is 0 Å². The molecule has 0 N–H and O–H groups in total. The van der Waals surface area contributed by atoms with Gasteiger partial charge in [0.15, 0.2) is 0 Å². The van der Waals surface area contributed by atoms with Gasteiger partial charge in [0.1, 0.15) is 6.29 Å². The van der Waals surface area contributed by atoms with Crippen molar-refractivity contribution < 1.29 is 4.79 Å². The molecule has 0 spiro atoms.